The number of hydrogen-bond donors (Lipinski definition) is 1. The van der Waals surface area contributed by atoms with Crippen molar-refractivity contribution < 1.29 is 19.4 Å². The maximum Gasteiger partial charge on any atom is 0.356 e. The second-order valence-corrected chi connectivity index (χ2v) is 5.50. The van der Waals surface area contributed by atoms with Crippen LogP contribution in [0.3, 0.4) is 0 Å². The third-order valence-electron chi connectivity index (χ3n) is 3.96. The number of carboxylic acid groups (broad SMARTS) is 1. The summed E-state index contributed by atoms with van der Waals surface area (Å²) in [5.74, 6) is -0.559. The molecule has 0 aliphatic heterocycles. The van der Waals surface area contributed by atoms with Crippen molar-refractivity contribution in [2.24, 2.45) is 5.92 Å². The molecule has 2 aliphatic rings. The Morgan fingerprint density at radius 2 is 2.10 bits per heavy atom. The first kappa shape index (κ1) is 15.5. The third kappa shape index (κ3) is 3.80. The van der Waals surface area contributed by atoms with E-state index < -0.39 is 11.9 Å². The Balaban J connectivity index is 0.000000272. The topological polar surface area (TPSA) is 76.5 Å². The van der Waals surface area contributed by atoms with Crippen molar-refractivity contribution in [1.82, 2.24) is 4.98 Å². The minimum Gasteiger partial charge on any atom is -0.477 e. The van der Waals surface area contributed by atoms with Gasteiger partial charge in [0, 0.05) is 0 Å². The van der Waals surface area contributed by atoms with Gasteiger partial charge < -0.3 is 9.84 Å². The largest absolute Gasteiger partial charge is 0.477 e. The Morgan fingerprint density at radius 3 is 2.57 bits per heavy atom. The van der Waals surface area contributed by atoms with E-state index in [1.807, 2.05) is 0 Å². The molecule has 0 bridgehead atoms. The van der Waals surface area contributed by atoms with Gasteiger partial charge in [0.1, 0.15) is 5.69 Å². The van der Waals surface area contributed by atoms with Gasteiger partial charge in [0.25, 0.3) is 0 Å². The molecule has 1 N–H and O–H groups in total. The van der Waals surface area contributed by atoms with E-state index in [1.54, 1.807) is 6.07 Å². The molecule has 1 heterocycles. The fourth-order valence-corrected chi connectivity index (χ4v) is 2.49. The Kier molecular flexibility index (Phi) is 4.94. The Labute approximate surface area is 124 Å². The van der Waals surface area contributed by atoms with Gasteiger partial charge in [0.15, 0.2) is 5.69 Å². The summed E-state index contributed by atoms with van der Waals surface area (Å²) in [4.78, 5) is 26.2. The molecule has 2 aliphatic carbocycles. The van der Waals surface area contributed by atoms with E-state index in [0.29, 0.717) is 6.42 Å². The molecule has 0 amide bonds. The number of aromatic carboxylic acids is 1. The highest BCUT2D eigenvalue weighted by Gasteiger charge is 2.23. The van der Waals surface area contributed by atoms with Gasteiger partial charge in [-0.25, -0.2) is 14.6 Å². The molecule has 3 rings (SSSR count). The highest BCUT2D eigenvalue weighted by Crippen LogP contribution is 2.31. The minimum atomic E-state index is -1.09. The number of pyridine rings is 1. The van der Waals surface area contributed by atoms with Crippen molar-refractivity contribution in [3.8, 4) is 0 Å². The number of methoxy groups -OCH3 is 1. The van der Waals surface area contributed by atoms with Crippen molar-refractivity contribution in [2.45, 2.75) is 45.4 Å². The fraction of sp³-hybridized carbons (Fsp3) is 0.562. The number of carbonyl (C=O) groups is 2. The van der Waals surface area contributed by atoms with Crippen LogP contribution in [0.4, 0.5) is 0 Å². The van der Waals surface area contributed by atoms with Crippen LogP contribution in [0, 0.1) is 5.92 Å². The number of hydrogen-bond acceptors (Lipinski definition) is 4. The zero-order valence-electron chi connectivity index (χ0n) is 12.5. The minimum absolute atomic E-state index is 0.0181. The van der Waals surface area contributed by atoms with Gasteiger partial charge in [-0.1, -0.05) is 26.2 Å². The molecule has 0 unspecified atom stereocenters. The molecule has 21 heavy (non-hydrogen) atoms. The van der Waals surface area contributed by atoms with Gasteiger partial charge in [0.05, 0.1) is 7.11 Å². The van der Waals surface area contributed by atoms with Gasteiger partial charge in [-0.3, -0.25) is 0 Å². The number of nitrogens with zero attached hydrogens (tertiary/aromatic N) is 1. The van der Waals surface area contributed by atoms with E-state index in [9.17, 15) is 9.59 Å². The molecule has 1 aromatic rings. The summed E-state index contributed by atoms with van der Waals surface area (Å²) >= 11 is 0. The van der Waals surface area contributed by atoms with Gasteiger partial charge in [-0.05, 0) is 42.4 Å². The van der Waals surface area contributed by atoms with Crippen LogP contribution in [-0.2, 0) is 17.6 Å². The molecule has 5 nitrogen and oxygen atoms in total. The molecule has 1 fully saturated rings. The molecule has 0 radical (unpaired) electrons. The Morgan fingerprint density at radius 1 is 1.38 bits per heavy atom. The Hall–Kier alpha value is -1.91. The van der Waals surface area contributed by atoms with E-state index >= 15 is 0 Å². The summed E-state index contributed by atoms with van der Waals surface area (Å²) in [6.45, 7) is 2.26. The number of carbonyl (C=O) groups excluding carboxylic acids is 1. The van der Waals surface area contributed by atoms with Crippen LogP contribution in [0.25, 0.3) is 0 Å². The smallest absolute Gasteiger partial charge is 0.356 e. The lowest BCUT2D eigenvalue weighted by Crippen LogP contribution is -2.12. The number of aryl methyl sites for hydroxylation is 1. The molecule has 1 aromatic heterocycles. The van der Waals surface area contributed by atoms with Gasteiger partial charge in [0.2, 0.25) is 0 Å². The molecule has 0 atom stereocenters. The number of fused-ring (bicyclic) bond motifs is 1. The lowest BCUT2D eigenvalue weighted by atomic mass is 10.1. The van der Waals surface area contributed by atoms with Crippen molar-refractivity contribution in [3.63, 3.8) is 0 Å². The number of carboxylic acids is 1. The molecule has 0 aromatic carbocycles. The molecular weight excluding hydrogens is 270 g/mol. The quantitative estimate of drug-likeness (QED) is 0.866. The highest BCUT2D eigenvalue weighted by atomic mass is 16.5. The summed E-state index contributed by atoms with van der Waals surface area (Å²) in [6.07, 6.45) is 6.85. The number of esters is 1. The predicted molar refractivity (Wildman–Crippen MR) is 77.6 cm³/mol. The van der Waals surface area contributed by atoms with E-state index in [0.717, 1.165) is 29.9 Å². The van der Waals surface area contributed by atoms with Crippen LogP contribution in [0.5, 0.6) is 0 Å². The zero-order valence-corrected chi connectivity index (χ0v) is 12.5. The lowest BCUT2D eigenvalue weighted by Gasteiger charge is -2.06. The maximum absolute atomic E-state index is 11.3. The van der Waals surface area contributed by atoms with E-state index in [4.69, 9.17) is 5.11 Å². The van der Waals surface area contributed by atoms with Crippen molar-refractivity contribution in [2.75, 3.05) is 7.11 Å². The number of aromatic nitrogens is 1. The molecule has 114 valence electrons. The predicted octanol–water partition coefficient (Wildman–Crippen LogP) is 2.86. The summed E-state index contributed by atoms with van der Waals surface area (Å²) in [7, 11) is 1.25. The van der Waals surface area contributed by atoms with Crippen molar-refractivity contribution in [1.29, 1.82) is 0 Å². The summed E-state index contributed by atoms with van der Waals surface area (Å²) in [6, 6.07) is 1.63. The first-order valence-electron chi connectivity index (χ1n) is 7.41. The standard InChI is InChI=1S/C11H11NO4.C5H10/c1-16-11(15)8-5-6-3-2-4-7(6)9(12-8)10(13)14;1-2-5-3-4-5/h5H,2-4H2,1H3,(H,13,14);5H,2-4H2,1H3. The zero-order chi connectivity index (χ0) is 15.4. The second-order valence-electron chi connectivity index (χ2n) is 5.50. The van der Waals surface area contributed by atoms with E-state index in [-0.39, 0.29) is 11.4 Å². The molecule has 0 saturated heterocycles. The average Bonchev–Trinajstić information content (AvgIpc) is 3.22. The first-order valence-corrected chi connectivity index (χ1v) is 7.41. The van der Waals surface area contributed by atoms with Crippen molar-refractivity contribution >= 4 is 11.9 Å². The van der Waals surface area contributed by atoms with Crippen LogP contribution in [0.2, 0.25) is 0 Å². The van der Waals surface area contributed by atoms with E-state index in [1.165, 1.54) is 26.4 Å². The first-order chi connectivity index (χ1) is 10.1. The molecule has 5 heteroatoms. The highest BCUT2D eigenvalue weighted by molar-refractivity contribution is 5.92. The molecule has 1 saturated carbocycles. The number of rotatable bonds is 3. The summed E-state index contributed by atoms with van der Waals surface area (Å²) in [5, 5.41) is 9.01. The van der Waals surface area contributed by atoms with Gasteiger partial charge in [-0.15, -0.1) is 0 Å². The maximum atomic E-state index is 11.3. The second kappa shape index (κ2) is 6.70. The van der Waals surface area contributed by atoms with E-state index in [2.05, 4.69) is 16.6 Å². The monoisotopic (exact) mass is 291 g/mol. The van der Waals surface area contributed by atoms with Crippen LogP contribution < -0.4 is 0 Å². The third-order valence-corrected chi connectivity index (χ3v) is 3.96. The van der Waals surface area contributed by atoms with Gasteiger partial charge >= 0.3 is 11.9 Å². The normalized spacial score (nSPS) is 15.7. The van der Waals surface area contributed by atoms with Crippen LogP contribution >= 0.6 is 0 Å². The van der Waals surface area contributed by atoms with Crippen LogP contribution in [0.15, 0.2) is 6.07 Å². The van der Waals surface area contributed by atoms with Crippen molar-refractivity contribution in [3.05, 3.63) is 28.6 Å². The number of ether oxygens (including phenoxy) is 1. The summed E-state index contributed by atoms with van der Waals surface area (Å²) in [5.41, 5.74) is 1.70. The lowest BCUT2D eigenvalue weighted by molar-refractivity contribution is 0.0593. The molecule has 0 spiro atoms. The SMILES string of the molecule is CCC1CC1.COC(=O)c1cc2c(c(C(=O)O)n1)CCC2. The average molecular weight is 291 g/mol. The Bertz CT molecular complexity index is 549. The molecular formula is C16H21NO4. The summed E-state index contributed by atoms with van der Waals surface area (Å²) < 4.78 is 4.54. The van der Waals surface area contributed by atoms with Crippen LogP contribution in [-0.4, -0.2) is 29.1 Å². The van der Waals surface area contributed by atoms with Crippen LogP contribution in [0.1, 0.15) is 64.7 Å². The fourth-order valence-electron chi connectivity index (χ4n) is 2.49. The van der Waals surface area contributed by atoms with Gasteiger partial charge in [-0.2, -0.15) is 0 Å².